The van der Waals surface area contributed by atoms with E-state index in [1.807, 2.05) is 0 Å². The largest absolute Gasteiger partial charge is 0.464 e. The van der Waals surface area contributed by atoms with Gasteiger partial charge in [0.1, 0.15) is 22.3 Å². The average molecular weight is 1630 g/mol. The molecule has 0 saturated carbocycles. The highest BCUT2D eigenvalue weighted by Crippen LogP contribution is 2.53. The van der Waals surface area contributed by atoms with E-state index in [0.717, 1.165) is 77.2 Å². The van der Waals surface area contributed by atoms with E-state index in [9.17, 15) is 0 Å². The molecule has 0 radical (unpaired) electrons. The summed E-state index contributed by atoms with van der Waals surface area (Å²) in [5, 5.41) is 25.6. The monoisotopic (exact) mass is 1630 g/mol. The molecule has 0 amide bonds. The Bertz CT molecular complexity index is 8920. The van der Waals surface area contributed by atoms with Crippen LogP contribution in [0, 0.1) is 0 Å². The molecule has 27 aromatic rings. The minimum atomic E-state index is 0.890. The van der Waals surface area contributed by atoms with Crippen LogP contribution in [-0.4, -0.2) is 9.13 Å². The summed E-state index contributed by atoms with van der Waals surface area (Å²) in [6.45, 7) is 0. The maximum Gasteiger partial charge on any atom is 0.160 e. The van der Waals surface area contributed by atoms with E-state index in [2.05, 4.69) is 465 Å². The van der Waals surface area contributed by atoms with E-state index in [1.54, 1.807) is 6.26 Å². The van der Waals surface area contributed by atoms with Gasteiger partial charge in [-0.15, -0.1) is 0 Å². The second kappa shape index (κ2) is 30.3. The number of hydrogen-bond acceptors (Lipinski definition) is 3. The number of aryl methyl sites for hydroxylation is 1. The quantitative estimate of drug-likeness (QED) is 0.135. The van der Waals surface area contributed by atoms with Gasteiger partial charge in [0.25, 0.3) is 0 Å². The highest BCUT2D eigenvalue weighted by Gasteiger charge is 2.28. The lowest BCUT2D eigenvalue weighted by Crippen LogP contribution is -1.96. The fourth-order valence-electron chi connectivity index (χ4n) is 21.1. The normalized spacial score (nSPS) is 11.8. The lowest BCUT2D eigenvalue weighted by molar-refractivity contribution is 0.617. The van der Waals surface area contributed by atoms with Crippen molar-refractivity contribution in [1.82, 2.24) is 9.13 Å². The van der Waals surface area contributed by atoms with E-state index in [0.29, 0.717) is 0 Å². The van der Waals surface area contributed by atoms with Crippen molar-refractivity contribution in [2.24, 2.45) is 7.05 Å². The van der Waals surface area contributed by atoms with E-state index in [1.165, 1.54) is 181 Å². The summed E-state index contributed by atoms with van der Waals surface area (Å²) in [4.78, 5) is 0. The second-order valence-electron chi connectivity index (χ2n) is 33.4. The first-order chi connectivity index (χ1) is 63.5. The van der Waals surface area contributed by atoms with Gasteiger partial charge in [0.15, 0.2) is 5.58 Å². The summed E-state index contributed by atoms with van der Waals surface area (Å²) in [6.07, 6.45) is 1.79. The summed E-state index contributed by atoms with van der Waals surface area (Å²) in [7, 11) is 2.18. The molecular weight excluding hydrogens is 1550 g/mol. The average Bonchev–Trinajstić information content (AvgIpc) is 1.50. The molecule has 0 bridgehead atoms. The third kappa shape index (κ3) is 11.8. The van der Waals surface area contributed by atoms with Crippen LogP contribution in [0.3, 0.4) is 0 Å². The summed E-state index contributed by atoms with van der Waals surface area (Å²) < 4.78 is 24.2. The van der Waals surface area contributed by atoms with Gasteiger partial charge in [-0.3, -0.25) is 0 Å². The van der Waals surface area contributed by atoms with Crippen molar-refractivity contribution in [2.75, 3.05) is 0 Å². The lowest BCUT2D eigenvalue weighted by Gasteiger charge is -2.19. The Hall–Kier alpha value is -16.9. The molecule has 0 aliphatic heterocycles. The van der Waals surface area contributed by atoms with E-state index < -0.39 is 0 Å². The molecule has 0 N–H and O–H groups in total. The van der Waals surface area contributed by atoms with Crippen molar-refractivity contribution in [1.29, 1.82) is 0 Å². The van der Waals surface area contributed by atoms with Crippen LogP contribution >= 0.6 is 0 Å². The highest BCUT2D eigenvalue weighted by molar-refractivity contribution is 6.29. The number of rotatable bonds is 9. The molecule has 5 nitrogen and oxygen atoms in total. The maximum atomic E-state index is 6.86. The molecule has 5 heterocycles. The molecule has 0 saturated heterocycles. The number of para-hydroxylation sites is 6. The predicted molar refractivity (Wildman–Crippen MR) is 541 cm³/mol. The SMILES string of the molecule is Cn1c2ccccc2c2cccc(-c3cc(-c4c5ccccc5c(-c5ccccc5)c5ccccc45)cc4c3oc3ccccc34)c21.c1ccc(-c2c3ccccc3c(-c3cc(-c4ccccc4)c4occc4c3)c3ccccc23)cc1.c1ccc(-c2c3ccccc3c(-c3ccc(-n4c5ccccc5c5ccccc54)c4oc5ccccc5c34)c3ccccc23)cc1. The molecule has 5 heteroatoms. The predicted octanol–water partition coefficient (Wildman–Crippen LogP) is 34.6. The Morgan fingerprint density at radius 3 is 1.01 bits per heavy atom. The van der Waals surface area contributed by atoms with Crippen LogP contribution in [0.5, 0.6) is 0 Å². The number of nitrogens with zero attached hydrogens (tertiary/aromatic N) is 2. The van der Waals surface area contributed by atoms with Gasteiger partial charge in [0.05, 0.1) is 28.5 Å². The molecule has 22 aromatic carbocycles. The molecule has 0 aliphatic rings. The first kappa shape index (κ1) is 73.8. The standard InChI is InChI=1S/C45H29NO.C44H27NO.C34H22O/c1-46-40-24-11-9-16-30(40)36-22-13-23-37(44(36)46)39-27-29(26-38-31-17-10-12-25-41(31)47-45(38)39)43-34-20-7-5-18-32(34)42(28-14-3-2-4-15-28)33-19-6-8-21-35(33)43;1-2-14-28(15-3-1)41-31-18-4-6-20-33(31)42(34-21-7-5-19-32(34)41)36-26-27-39(44-43(36)35-22-10-13-25-40(35)46-44)45-37-23-11-8-16-29(37)30-17-9-12-24-38(30)45;1-3-11-23(12-4-1)31-22-26(21-25-19-20-35-34(25)31)33-29-17-9-7-15-27(29)32(24-13-5-2-6-14-24)28-16-8-10-18-30(28)33/h2-27H,1H3;1-27H;1-22H. The molecular formula is C123H78N2O3. The third-order valence-corrected chi connectivity index (χ3v) is 26.5. The Morgan fingerprint density at radius 1 is 0.195 bits per heavy atom. The van der Waals surface area contributed by atoms with Crippen LogP contribution in [0.25, 0.3) is 258 Å². The van der Waals surface area contributed by atoms with Crippen LogP contribution < -0.4 is 0 Å². The highest BCUT2D eigenvalue weighted by atomic mass is 16.3. The molecule has 0 fully saturated rings. The molecule has 0 atom stereocenters. The van der Waals surface area contributed by atoms with Crippen molar-refractivity contribution in [3.05, 3.63) is 455 Å². The van der Waals surface area contributed by atoms with Crippen LogP contribution in [-0.2, 0) is 7.05 Å². The van der Waals surface area contributed by atoms with Crippen molar-refractivity contribution >= 4 is 163 Å². The molecule has 128 heavy (non-hydrogen) atoms. The van der Waals surface area contributed by atoms with Gasteiger partial charge in [-0.2, -0.15) is 0 Å². The molecule has 5 aromatic heterocycles. The Balaban J connectivity index is 0.000000105. The topological polar surface area (TPSA) is 49.3 Å². The maximum absolute atomic E-state index is 6.86. The Kier molecular flexibility index (Phi) is 17.5. The van der Waals surface area contributed by atoms with Crippen molar-refractivity contribution < 1.29 is 13.3 Å². The lowest BCUT2D eigenvalue weighted by atomic mass is 9.85. The van der Waals surface area contributed by atoms with Gasteiger partial charge in [-0.25, -0.2) is 0 Å². The van der Waals surface area contributed by atoms with Gasteiger partial charge in [-0.05, 0) is 204 Å². The molecule has 598 valence electrons. The minimum absolute atomic E-state index is 0.890. The van der Waals surface area contributed by atoms with Gasteiger partial charge in [-0.1, -0.05) is 382 Å². The van der Waals surface area contributed by atoms with Crippen LogP contribution in [0.2, 0.25) is 0 Å². The Morgan fingerprint density at radius 2 is 0.539 bits per heavy atom. The Labute approximate surface area is 737 Å². The zero-order valence-corrected chi connectivity index (χ0v) is 69.9. The van der Waals surface area contributed by atoms with E-state index in [-0.39, 0.29) is 0 Å². The van der Waals surface area contributed by atoms with Crippen LogP contribution in [0.1, 0.15) is 0 Å². The summed E-state index contributed by atoms with van der Waals surface area (Å²) >= 11 is 0. The van der Waals surface area contributed by atoms with Gasteiger partial charge >= 0.3 is 0 Å². The van der Waals surface area contributed by atoms with Crippen LogP contribution in [0.15, 0.2) is 468 Å². The van der Waals surface area contributed by atoms with Gasteiger partial charge in [0.2, 0.25) is 0 Å². The summed E-state index contributed by atoms with van der Waals surface area (Å²) in [5.74, 6) is 0. The zero-order valence-electron chi connectivity index (χ0n) is 69.9. The minimum Gasteiger partial charge on any atom is -0.464 e. The summed E-state index contributed by atoms with van der Waals surface area (Å²) in [6, 6.07) is 161. The van der Waals surface area contributed by atoms with E-state index in [4.69, 9.17) is 13.3 Å². The molecule has 0 aliphatic carbocycles. The summed E-state index contributed by atoms with van der Waals surface area (Å²) in [5.41, 5.74) is 29.7. The number of fused-ring (bicyclic) bond motifs is 19. The number of furan rings is 3. The second-order valence-corrected chi connectivity index (χ2v) is 33.4. The number of aromatic nitrogens is 2. The zero-order chi connectivity index (χ0) is 84.4. The molecule has 0 unspecified atom stereocenters. The van der Waals surface area contributed by atoms with Gasteiger partial charge < -0.3 is 22.4 Å². The first-order valence-electron chi connectivity index (χ1n) is 43.9. The van der Waals surface area contributed by atoms with Gasteiger partial charge in [0, 0.05) is 77.7 Å². The third-order valence-electron chi connectivity index (χ3n) is 26.5. The number of hydrogen-bond donors (Lipinski definition) is 0. The fraction of sp³-hybridized carbons (Fsp3) is 0.00813. The van der Waals surface area contributed by atoms with Crippen molar-refractivity contribution in [3.63, 3.8) is 0 Å². The smallest absolute Gasteiger partial charge is 0.160 e. The van der Waals surface area contributed by atoms with Crippen molar-refractivity contribution in [3.8, 4) is 94.7 Å². The molecule has 0 spiro atoms. The number of benzene rings is 22. The van der Waals surface area contributed by atoms with E-state index >= 15 is 0 Å². The molecule has 27 rings (SSSR count). The van der Waals surface area contributed by atoms with Crippen molar-refractivity contribution in [2.45, 2.75) is 0 Å². The first-order valence-corrected chi connectivity index (χ1v) is 43.9. The van der Waals surface area contributed by atoms with Crippen LogP contribution in [0.4, 0.5) is 0 Å². The fourth-order valence-corrected chi connectivity index (χ4v) is 21.1.